The standard InChI is InChI=1S/C17H20N6S/c1-12-5-20-17(22-12)16-7-18-14(6-19-16)4-13-2-3-23(8-13)9-15-10-24-11-21-15/h5-7,10-11,13H,2-4,8-9H2,1H3,(H,20,22). The summed E-state index contributed by atoms with van der Waals surface area (Å²) in [5, 5.41) is 2.13. The number of H-pyrrole nitrogens is 1. The Morgan fingerprint density at radius 3 is 2.83 bits per heavy atom. The van der Waals surface area contributed by atoms with Crippen LogP contribution in [0.1, 0.15) is 23.5 Å². The zero-order valence-corrected chi connectivity index (χ0v) is 14.5. The zero-order chi connectivity index (χ0) is 16.4. The number of likely N-dealkylation sites (tertiary alicyclic amines) is 1. The van der Waals surface area contributed by atoms with Gasteiger partial charge in [0.15, 0.2) is 5.82 Å². The Hall–Kier alpha value is -2.12. The van der Waals surface area contributed by atoms with Crippen molar-refractivity contribution in [3.8, 4) is 11.5 Å². The van der Waals surface area contributed by atoms with Crippen molar-refractivity contribution < 1.29 is 0 Å². The van der Waals surface area contributed by atoms with Crippen molar-refractivity contribution in [2.45, 2.75) is 26.3 Å². The fraction of sp³-hybridized carbons (Fsp3) is 0.412. The lowest BCUT2D eigenvalue weighted by Crippen LogP contribution is -2.20. The second kappa shape index (κ2) is 6.78. The lowest BCUT2D eigenvalue weighted by atomic mass is 10.0. The molecule has 1 unspecified atom stereocenters. The van der Waals surface area contributed by atoms with E-state index in [0.717, 1.165) is 49.0 Å². The molecule has 1 N–H and O–H groups in total. The lowest BCUT2D eigenvalue weighted by Gasteiger charge is -2.14. The molecule has 3 aromatic heterocycles. The molecule has 24 heavy (non-hydrogen) atoms. The van der Waals surface area contributed by atoms with E-state index >= 15 is 0 Å². The third kappa shape index (κ3) is 3.52. The topological polar surface area (TPSA) is 70.6 Å². The van der Waals surface area contributed by atoms with E-state index in [4.69, 9.17) is 0 Å². The first-order valence-corrected chi connectivity index (χ1v) is 9.13. The Bertz CT molecular complexity index is 780. The van der Waals surface area contributed by atoms with Gasteiger partial charge in [0.2, 0.25) is 0 Å². The molecule has 0 aliphatic carbocycles. The SMILES string of the molecule is Cc1cnc(-c2cnc(CC3CCN(Cc4cscn4)C3)cn2)[nH]1. The van der Waals surface area contributed by atoms with Crippen LogP contribution in [0.2, 0.25) is 0 Å². The van der Waals surface area contributed by atoms with Crippen molar-refractivity contribution in [1.82, 2.24) is 29.8 Å². The first-order valence-electron chi connectivity index (χ1n) is 8.18. The van der Waals surface area contributed by atoms with Gasteiger partial charge in [-0.25, -0.2) is 15.0 Å². The fourth-order valence-corrected chi connectivity index (χ4v) is 3.74. The summed E-state index contributed by atoms with van der Waals surface area (Å²) in [5.41, 5.74) is 5.96. The van der Waals surface area contributed by atoms with Gasteiger partial charge in [-0.1, -0.05) is 0 Å². The number of aromatic amines is 1. The second-order valence-corrected chi connectivity index (χ2v) is 7.10. The maximum absolute atomic E-state index is 4.58. The maximum atomic E-state index is 4.58. The van der Waals surface area contributed by atoms with E-state index in [2.05, 4.69) is 35.2 Å². The van der Waals surface area contributed by atoms with Gasteiger partial charge in [-0.2, -0.15) is 0 Å². The van der Waals surface area contributed by atoms with Crippen LogP contribution in [0.25, 0.3) is 11.5 Å². The number of aryl methyl sites for hydroxylation is 1. The number of aromatic nitrogens is 5. The Morgan fingerprint density at radius 2 is 2.12 bits per heavy atom. The average molecular weight is 340 g/mol. The highest BCUT2D eigenvalue weighted by atomic mass is 32.1. The number of thiazole rings is 1. The van der Waals surface area contributed by atoms with Crippen molar-refractivity contribution >= 4 is 11.3 Å². The van der Waals surface area contributed by atoms with Gasteiger partial charge in [-0.15, -0.1) is 11.3 Å². The second-order valence-electron chi connectivity index (χ2n) is 6.38. The molecular formula is C17H20N6S. The molecule has 0 bridgehead atoms. The molecule has 1 aliphatic heterocycles. The molecule has 0 radical (unpaired) electrons. The lowest BCUT2D eigenvalue weighted by molar-refractivity contribution is 0.313. The van der Waals surface area contributed by atoms with Crippen LogP contribution in [-0.4, -0.2) is 42.9 Å². The highest BCUT2D eigenvalue weighted by molar-refractivity contribution is 7.07. The van der Waals surface area contributed by atoms with Crippen LogP contribution in [0, 0.1) is 12.8 Å². The van der Waals surface area contributed by atoms with Gasteiger partial charge >= 0.3 is 0 Å². The molecule has 4 heterocycles. The summed E-state index contributed by atoms with van der Waals surface area (Å²) in [4.78, 5) is 23.4. The summed E-state index contributed by atoms with van der Waals surface area (Å²) in [5.74, 6) is 1.43. The highest BCUT2D eigenvalue weighted by Crippen LogP contribution is 2.22. The van der Waals surface area contributed by atoms with E-state index in [1.54, 1.807) is 17.5 Å². The van der Waals surface area contributed by atoms with Crippen molar-refractivity contribution in [1.29, 1.82) is 0 Å². The van der Waals surface area contributed by atoms with Gasteiger partial charge in [-0.05, 0) is 32.2 Å². The van der Waals surface area contributed by atoms with E-state index < -0.39 is 0 Å². The molecule has 0 saturated carbocycles. The summed E-state index contributed by atoms with van der Waals surface area (Å²) >= 11 is 1.66. The largest absolute Gasteiger partial charge is 0.341 e. The maximum Gasteiger partial charge on any atom is 0.157 e. The summed E-state index contributed by atoms with van der Waals surface area (Å²) < 4.78 is 0. The van der Waals surface area contributed by atoms with Crippen molar-refractivity contribution in [2.24, 2.45) is 5.92 Å². The average Bonchev–Trinajstić information content (AvgIpc) is 3.32. The van der Waals surface area contributed by atoms with Crippen LogP contribution >= 0.6 is 11.3 Å². The van der Waals surface area contributed by atoms with Crippen LogP contribution in [0.15, 0.2) is 29.5 Å². The summed E-state index contributed by atoms with van der Waals surface area (Å²) in [6.45, 7) is 5.19. The van der Waals surface area contributed by atoms with Gasteiger partial charge in [0.25, 0.3) is 0 Å². The molecule has 0 spiro atoms. The van der Waals surface area contributed by atoms with Crippen molar-refractivity contribution in [3.63, 3.8) is 0 Å². The third-order valence-corrected chi connectivity index (χ3v) is 5.02. The van der Waals surface area contributed by atoms with Crippen LogP contribution in [0.4, 0.5) is 0 Å². The smallest absolute Gasteiger partial charge is 0.157 e. The summed E-state index contributed by atoms with van der Waals surface area (Å²) in [6, 6.07) is 0. The van der Waals surface area contributed by atoms with Crippen molar-refractivity contribution in [3.05, 3.63) is 46.6 Å². The number of nitrogens with zero attached hydrogens (tertiary/aromatic N) is 5. The Kier molecular flexibility index (Phi) is 4.36. The molecule has 6 nitrogen and oxygen atoms in total. The number of nitrogens with one attached hydrogen (secondary N) is 1. The van der Waals surface area contributed by atoms with E-state index in [1.807, 2.05) is 24.8 Å². The van der Waals surface area contributed by atoms with E-state index in [-0.39, 0.29) is 0 Å². The molecule has 7 heteroatoms. The predicted molar refractivity (Wildman–Crippen MR) is 93.6 cm³/mol. The molecule has 124 valence electrons. The summed E-state index contributed by atoms with van der Waals surface area (Å²) in [6.07, 6.45) is 7.70. The first kappa shape index (κ1) is 15.4. The number of imidazole rings is 1. The Morgan fingerprint density at radius 1 is 1.17 bits per heavy atom. The van der Waals surface area contributed by atoms with Crippen LogP contribution in [0.3, 0.4) is 0 Å². The highest BCUT2D eigenvalue weighted by Gasteiger charge is 2.23. The van der Waals surface area contributed by atoms with E-state index in [0.29, 0.717) is 5.92 Å². The third-order valence-electron chi connectivity index (χ3n) is 4.39. The zero-order valence-electron chi connectivity index (χ0n) is 13.6. The molecule has 0 aromatic carbocycles. The number of hydrogen-bond acceptors (Lipinski definition) is 6. The minimum Gasteiger partial charge on any atom is -0.341 e. The quantitative estimate of drug-likeness (QED) is 0.773. The Labute approximate surface area is 145 Å². The first-order chi connectivity index (χ1) is 11.8. The van der Waals surface area contributed by atoms with Gasteiger partial charge in [0.05, 0.1) is 23.1 Å². The molecule has 4 rings (SSSR count). The molecule has 1 aliphatic rings. The summed E-state index contributed by atoms with van der Waals surface area (Å²) in [7, 11) is 0. The van der Waals surface area contributed by atoms with E-state index in [1.165, 1.54) is 12.1 Å². The van der Waals surface area contributed by atoms with Crippen LogP contribution in [0.5, 0.6) is 0 Å². The van der Waals surface area contributed by atoms with E-state index in [9.17, 15) is 0 Å². The van der Waals surface area contributed by atoms with Crippen molar-refractivity contribution in [2.75, 3.05) is 13.1 Å². The molecule has 0 amide bonds. The minimum atomic E-state index is 0.648. The van der Waals surface area contributed by atoms with Crippen LogP contribution < -0.4 is 0 Å². The molecular weight excluding hydrogens is 320 g/mol. The van der Waals surface area contributed by atoms with Gasteiger partial charge < -0.3 is 4.98 Å². The molecule has 1 saturated heterocycles. The number of hydrogen-bond donors (Lipinski definition) is 1. The Balaban J connectivity index is 1.34. The van der Waals surface area contributed by atoms with Gasteiger partial charge in [-0.3, -0.25) is 9.88 Å². The molecule has 1 fully saturated rings. The van der Waals surface area contributed by atoms with Crippen LogP contribution in [-0.2, 0) is 13.0 Å². The van der Waals surface area contributed by atoms with Gasteiger partial charge in [0, 0.05) is 36.6 Å². The molecule has 3 aromatic rings. The van der Waals surface area contributed by atoms with Gasteiger partial charge in [0.1, 0.15) is 5.69 Å². The monoisotopic (exact) mass is 340 g/mol. The normalized spacial score (nSPS) is 18.3. The number of rotatable bonds is 5. The molecule has 1 atom stereocenters. The fourth-order valence-electron chi connectivity index (χ4n) is 3.19. The predicted octanol–water partition coefficient (Wildman–Crippen LogP) is 2.70. The minimum absolute atomic E-state index is 0.648.